The summed E-state index contributed by atoms with van der Waals surface area (Å²) >= 11 is 7.18. The Morgan fingerprint density at radius 2 is 2.07 bits per heavy atom. The molecule has 0 spiro atoms. The number of amides is 1. The Labute approximate surface area is 167 Å². The average Bonchev–Trinajstić information content (AvgIpc) is 3.12. The predicted molar refractivity (Wildman–Crippen MR) is 109 cm³/mol. The first-order valence-electron chi connectivity index (χ1n) is 8.53. The molecule has 1 N–H and O–H groups in total. The number of carbonyl (C=O) groups excluding carboxylic acids is 2. The average molecular weight is 403 g/mol. The third-order valence-corrected chi connectivity index (χ3v) is 5.52. The molecule has 0 bridgehead atoms. The Balaban J connectivity index is 1.80. The van der Waals surface area contributed by atoms with Gasteiger partial charge >= 0.3 is 0 Å². The maximum absolute atomic E-state index is 13.0. The second-order valence-electron chi connectivity index (χ2n) is 6.21. The normalized spacial score (nSPS) is 18.0. The number of aldehydes is 1. The summed E-state index contributed by atoms with van der Waals surface area (Å²) in [4.78, 5) is 30.2. The van der Waals surface area contributed by atoms with Gasteiger partial charge in [0.25, 0.3) is 0 Å². The molecule has 3 rings (SSSR count). The van der Waals surface area contributed by atoms with Crippen LogP contribution in [0.25, 0.3) is 0 Å². The molecule has 1 fully saturated rings. The van der Waals surface area contributed by atoms with Gasteiger partial charge in [0, 0.05) is 23.7 Å². The van der Waals surface area contributed by atoms with E-state index in [0.29, 0.717) is 42.1 Å². The zero-order valence-electron chi connectivity index (χ0n) is 14.5. The third-order valence-electron chi connectivity index (χ3n) is 4.31. The molecular weight excluding hydrogens is 384 g/mol. The number of rotatable bonds is 6. The summed E-state index contributed by atoms with van der Waals surface area (Å²) < 4.78 is 0. The van der Waals surface area contributed by atoms with E-state index in [1.165, 1.54) is 11.8 Å². The molecule has 27 heavy (non-hydrogen) atoms. The monoisotopic (exact) mass is 402 g/mol. The van der Waals surface area contributed by atoms with Gasteiger partial charge < -0.3 is 10.0 Å². The number of aliphatic imine (C=N–C) groups is 1. The lowest BCUT2D eigenvalue weighted by atomic mass is 10.1. The topological polar surface area (TPSA) is 70.0 Å². The Morgan fingerprint density at radius 3 is 2.74 bits per heavy atom. The van der Waals surface area contributed by atoms with Crippen LogP contribution in [0.1, 0.15) is 27.6 Å². The number of aliphatic hydroxyl groups is 1. The highest BCUT2D eigenvalue weighted by molar-refractivity contribution is 8.12. The maximum atomic E-state index is 13.0. The quantitative estimate of drug-likeness (QED) is 0.452. The van der Waals surface area contributed by atoms with E-state index < -0.39 is 11.4 Å². The van der Waals surface area contributed by atoms with Gasteiger partial charge in [-0.15, -0.1) is 0 Å². The van der Waals surface area contributed by atoms with Crippen LogP contribution in [0.15, 0.2) is 53.5 Å². The first-order chi connectivity index (χ1) is 13.1. The minimum absolute atomic E-state index is 0.0547. The van der Waals surface area contributed by atoms with Crippen LogP contribution in [0.2, 0.25) is 5.02 Å². The van der Waals surface area contributed by atoms with Crippen molar-refractivity contribution in [3.05, 3.63) is 64.7 Å². The fraction of sp³-hybridized carbons (Fsp3) is 0.250. The fourth-order valence-corrected chi connectivity index (χ4v) is 3.96. The van der Waals surface area contributed by atoms with Crippen molar-refractivity contribution in [2.45, 2.75) is 17.8 Å². The zero-order chi connectivity index (χ0) is 19.2. The van der Waals surface area contributed by atoms with Crippen LogP contribution in [0.5, 0.6) is 0 Å². The molecule has 1 heterocycles. The second-order valence-corrected chi connectivity index (χ2v) is 7.60. The summed E-state index contributed by atoms with van der Waals surface area (Å²) in [5, 5.41) is 9.74. The molecule has 2 aromatic carbocycles. The highest BCUT2D eigenvalue weighted by Crippen LogP contribution is 2.32. The predicted octanol–water partition coefficient (Wildman–Crippen LogP) is 3.88. The van der Waals surface area contributed by atoms with Crippen LogP contribution in [-0.2, 0) is 4.79 Å². The maximum Gasteiger partial charge on any atom is 0.240 e. The summed E-state index contributed by atoms with van der Waals surface area (Å²) in [6.45, 7) is 0.903. The summed E-state index contributed by atoms with van der Waals surface area (Å²) in [7, 11) is 0. The number of thioether (sulfide) groups is 1. The van der Waals surface area contributed by atoms with Crippen LogP contribution < -0.4 is 0 Å². The van der Waals surface area contributed by atoms with E-state index in [2.05, 4.69) is 4.99 Å². The number of likely N-dealkylation sites (tertiary alicyclic amines) is 1. The molecule has 1 aliphatic rings. The van der Waals surface area contributed by atoms with E-state index in [9.17, 15) is 14.7 Å². The second kappa shape index (κ2) is 9.17. The summed E-state index contributed by atoms with van der Waals surface area (Å²) in [5.74, 6) is -0.0547. The summed E-state index contributed by atoms with van der Waals surface area (Å²) in [6, 6.07) is 14.3. The van der Waals surface area contributed by atoms with Gasteiger partial charge in [0.05, 0.1) is 17.3 Å². The number of hydrogen-bond donors (Lipinski definition) is 1. The summed E-state index contributed by atoms with van der Waals surface area (Å²) in [6.07, 6.45) is 0.835. The molecule has 1 saturated heterocycles. The Morgan fingerprint density at radius 1 is 1.30 bits per heavy atom. The van der Waals surface area contributed by atoms with Crippen molar-refractivity contribution in [3.63, 3.8) is 0 Å². The van der Waals surface area contributed by atoms with Crippen molar-refractivity contribution in [2.75, 3.05) is 13.1 Å². The number of hydrogen-bond acceptors (Lipinski definition) is 5. The largest absolute Gasteiger partial charge is 0.391 e. The molecule has 0 radical (unpaired) electrons. The molecule has 1 amide bonds. The van der Waals surface area contributed by atoms with Gasteiger partial charge in [-0.05, 0) is 30.2 Å². The number of benzene rings is 2. The molecule has 7 heteroatoms. The standard InChI is InChI=1S/C20H19ClN2O3S/c21-16-6-7-18(15(10-16)12-24)22-13-27-19(14-4-2-1-3-5-14)20(26)23-9-8-17(25)11-23/h1-7,10,12-13,17,19,25H,8-9,11H2/t17-,19?/m0/s1. The van der Waals surface area contributed by atoms with E-state index in [0.717, 1.165) is 5.56 Å². The molecule has 0 aromatic heterocycles. The van der Waals surface area contributed by atoms with Crippen molar-refractivity contribution in [2.24, 2.45) is 4.99 Å². The van der Waals surface area contributed by atoms with E-state index in [4.69, 9.17) is 11.6 Å². The van der Waals surface area contributed by atoms with Crippen LogP contribution in [0.4, 0.5) is 5.69 Å². The number of halogens is 1. The number of nitrogens with zero attached hydrogens (tertiary/aromatic N) is 2. The molecule has 2 atom stereocenters. The minimum atomic E-state index is -0.466. The van der Waals surface area contributed by atoms with Gasteiger partial charge in [-0.3, -0.25) is 9.59 Å². The van der Waals surface area contributed by atoms with Crippen LogP contribution in [0, 0.1) is 0 Å². The van der Waals surface area contributed by atoms with Gasteiger partial charge in [-0.1, -0.05) is 53.7 Å². The van der Waals surface area contributed by atoms with Crippen molar-refractivity contribution >= 4 is 46.8 Å². The van der Waals surface area contributed by atoms with Crippen LogP contribution in [0.3, 0.4) is 0 Å². The molecule has 5 nitrogen and oxygen atoms in total. The van der Waals surface area contributed by atoms with Crippen LogP contribution >= 0.6 is 23.4 Å². The first-order valence-corrected chi connectivity index (χ1v) is 9.85. The number of aliphatic hydroxyl groups excluding tert-OH is 1. The van der Waals surface area contributed by atoms with E-state index in [-0.39, 0.29) is 5.91 Å². The fourth-order valence-electron chi connectivity index (χ4n) is 2.90. The highest BCUT2D eigenvalue weighted by atomic mass is 35.5. The molecule has 1 unspecified atom stereocenters. The summed E-state index contributed by atoms with van der Waals surface area (Å²) in [5.41, 5.74) is 3.34. The number of carbonyl (C=O) groups is 2. The van der Waals surface area contributed by atoms with Crippen molar-refractivity contribution in [1.29, 1.82) is 0 Å². The zero-order valence-corrected chi connectivity index (χ0v) is 16.1. The van der Waals surface area contributed by atoms with Gasteiger partial charge in [-0.25, -0.2) is 4.99 Å². The van der Waals surface area contributed by atoms with E-state index in [1.54, 1.807) is 28.6 Å². The lowest BCUT2D eigenvalue weighted by Gasteiger charge is -2.22. The van der Waals surface area contributed by atoms with Crippen molar-refractivity contribution in [3.8, 4) is 0 Å². The molecule has 2 aromatic rings. The molecule has 140 valence electrons. The van der Waals surface area contributed by atoms with Gasteiger partial charge in [0.15, 0.2) is 6.29 Å². The molecular formula is C20H19ClN2O3S. The Bertz CT molecular complexity index is 844. The highest BCUT2D eigenvalue weighted by Gasteiger charge is 2.31. The lowest BCUT2D eigenvalue weighted by Crippen LogP contribution is -2.33. The Hall–Kier alpha value is -2.15. The van der Waals surface area contributed by atoms with Crippen LogP contribution in [-0.4, -0.2) is 46.9 Å². The first kappa shape index (κ1) is 19.6. The van der Waals surface area contributed by atoms with E-state index >= 15 is 0 Å². The smallest absolute Gasteiger partial charge is 0.240 e. The SMILES string of the molecule is O=Cc1cc(Cl)ccc1N=CSC(C(=O)N1CC[C@H](O)C1)c1ccccc1. The Kier molecular flexibility index (Phi) is 6.66. The van der Waals surface area contributed by atoms with Crippen molar-refractivity contribution in [1.82, 2.24) is 4.90 Å². The third kappa shape index (κ3) is 4.97. The molecule has 0 saturated carbocycles. The van der Waals surface area contributed by atoms with Gasteiger partial charge in [0.1, 0.15) is 5.25 Å². The van der Waals surface area contributed by atoms with E-state index in [1.807, 2.05) is 30.3 Å². The van der Waals surface area contributed by atoms with Gasteiger partial charge in [0.2, 0.25) is 5.91 Å². The van der Waals surface area contributed by atoms with Crippen molar-refractivity contribution < 1.29 is 14.7 Å². The van der Waals surface area contributed by atoms with Gasteiger partial charge in [-0.2, -0.15) is 0 Å². The molecule has 1 aliphatic heterocycles. The molecule has 0 aliphatic carbocycles. The minimum Gasteiger partial charge on any atom is -0.391 e. The lowest BCUT2D eigenvalue weighted by molar-refractivity contribution is -0.130. The number of β-amino-alcohol motifs (C(OH)–C–C–N with tert-alkyl or cyclic N) is 1.